The highest BCUT2D eigenvalue weighted by atomic mass is 32.2. The minimum Gasteiger partial charge on any atom is -0.493 e. The van der Waals surface area contributed by atoms with E-state index in [1.807, 2.05) is 9.80 Å². The molecule has 7 nitrogen and oxygen atoms in total. The predicted octanol–water partition coefficient (Wildman–Crippen LogP) is 7.52. The molecule has 0 saturated carbocycles. The summed E-state index contributed by atoms with van der Waals surface area (Å²) in [5.41, 5.74) is -3.78. The molecule has 3 aromatic rings. The number of rotatable bonds is 6. The maximum Gasteiger partial charge on any atom is 0.417 e. The van der Waals surface area contributed by atoms with Crippen LogP contribution in [0.2, 0.25) is 0 Å². The van der Waals surface area contributed by atoms with Gasteiger partial charge in [0.1, 0.15) is 12.4 Å². The van der Waals surface area contributed by atoms with Crippen molar-refractivity contribution >= 4 is 34.7 Å². The Morgan fingerprint density at radius 1 is 0.809 bits per heavy atom. The van der Waals surface area contributed by atoms with Gasteiger partial charge >= 0.3 is 18.5 Å². The number of nitrogens with zero attached hydrogens (tertiary/aromatic N) is 4. The van der Waals surface area contributed by atoms with E-state index in [0.717, 1.165) is 24.0 Å². The number of thioether (sulfide) groups is 1. The molecule has 5 rings (SSSR count). The molecule has 2 aliphatic rings. The van der Waals surface area contributed by atoms with E-state index >= 15 is 0 Å². The second kappa shape index (κ2) is 13.0. The van der Waals surface area contributed by atoms with Crippen molar-refractivity contribution in [2.24, 2.45) is 4.99 Å². The molecule has 1 saturated heterocycles. The highest BCUT2D eigenvalue weighted by Gasteiger charge is 2.38. The summed E-state index contributed by atoms with van der Waals surface area (Å²) in [6.07, 6.45) is -12.2. The second-order valence-corrected chi connectivity index (χ2v) is 11.3. The molecule has 0 atom stereocenters. The van der Waals surface area contributed by atoms with Crippen LogP contribution in [0.25, 0.3) is 6.08 Å². The Kier molecular flexibility index (Phi) is 9.39. The quantitative estimate of drug-likeness (QED) is 0.196. The maximum absolute atomic E-state index is 13.5. The number of piperazine rings is 1. The molecule has 1 aromatic heterocycles. The topological polar surface area (TPSA) is 67.3 Å². The Morgan fingerprint density at radius 2 is 1.47 bits per heavy atom. The van der Waals surface area contributed by atoms with Crippen LogP contribution in [0.5, 0.6) is 11.5 Å². The molecule has 47 heavy (non-hydrogen) atoms. The van der Waals surface area contributed by atoms with Crippen LogP contribution in [0, 0.1) is 0 Å². The third-order valence-corrected chi connectivity index (χ3v) is 8.21. The van der Waals surface area contributed by atoms with Crippen LogP contribution < -0.4 is 14.4 Å². The summed E-state index contributed by atoms with van der Waals surface area (Å²) >= 11 is 1.12. The van der Waals surface area contributed by atoms with Crippen molar-refractivity contribution < 1.29 is 53.8 Å². The summed E-state index contributed by atoms with van der Waals surface area (Å²) < 4.78 is 129. The molecule has 2 aliphatic heterocycles. The van der Waals surface area contributed by atoms with Gasteiger partial charge < -0.3 is 19.3 Å². The van der Waals surface area contributed by atoms with E-state index in [2.05, 4.69) is 9.98 Å². The molecule has 0 unspecified atom stereocenters. The van der Waals surface area contributed by atoms with Crippen LogP contribution in [-0.4, -0.2) is 54.2 Å². The van der Waals surface area contributed by atoms with E-state index in [1.54, 1.807) is 0 Å². The fourth-order valence-electron chi connectivity index (χ4n) is 4.74. The lowest BCUT2D eigenvalue weighted by molar-refractivity contribution is -0.143. The Bertz CT molecular complexity index is 1700. The highest BCUT2D eigenvalue weighted by Crippen LogP contribution is 2.39. The Morgan fingerprint density at radius 3 is 2.06 bits per heavy atom. The SMILES string of the molecule is COc1cc(/C=C2\SC(N3CCN(c4ccc(C(F)(F)F)cn4)CC3)=NC2=O)ccc1OCc1ccc(C(F)(F)F)cc1C(F)(F)F. The summed E-state index contributed by atoms with van der Waals surface area (Å²) in [5.74, 6) is 0.0183. The Hall–Kier alpha value is -4.41. The van der Waals surface area contributed by atoms with Gasteiger partial charge in [0.2, 0.25) is 0 Å². The van der Waals surface area contributed by atoms with Crippen LogP contribution in [0.4, 0.5) is 45.3 Å². The molecule has 3 heterocycles. The largest absolute Gasteiger partial charge is 0.493 e. The number of ether oxygens (including phenoxy) is 2. The molecular formula is C30H23F9N4O3S. The van der Waals surface area contributed by atoms with Crippen molar-refractivity contribution in [1.29, 1.82) is 0 Å². The maximum atomic E-state index is 13.5. The Balaban J connectivity index is 1.22. The first-order valence-corrected chi connectivity index (χ1v) is 14.5. The molecular weight excluding hydrogens is 667 g/mol. The number of aromatic nitrogens is 1. The summed E-state index contributed by atoms with van der Waals surface area (Å²) in [4.78, 5) is 24.7. The highest BCUT2D eigenvalue weighted by molar-refractivity contribution is 8.18. The van der Waals surface area contributed by atoms with Gasteiger partial charge in [-0.05, 0) is 59.8 Å². The predicted molar refractivity (Wildman–Crippen MR) is 155 cm³/mol. The molecule has 250 valence electrons. The molecule has 0 radical (unpaired) electrons. The first-order chi connectivity index (χ1) is 22.0. The first-order valence-electron chi connectivity index (χ1n) is 13.7. The third-order valence-electron chi connectivity index (χ3n) is 7.17. The van der Waals surface area contributed by atoms with Gasteiger partial charge in [-0.25, -0.2) is 4.98 Å². The number of carbonyl (C=O) groups excluding carboxylic acids is 1. The number of alkyl halides is 9. The minimum absolute atomic E-state index is 0.0189. The number of methoxy groups -OCH3 is 1. The number of aliphatic imine (C=N–C) groups is 1. The average molecular weight is 691 g/mol. The lowest BCUT2D eigenvalue weighted by Gasteiger charge is -2.36. The number of hydrogen-bond donors (Lipinski definition) is 0. The van der Waals surface area contributed by atoms with Crippen molar-refractivity contribution in [3.05, 3.63) is 87.5 Å². The molecule has 2 aromatic carbocycles. The second-order valence-electron chi connectivity index (χ2n) is 10.3. The zero-order chi connectivity index (χ0) is 34.1. The number of amidine groups is 1. The van der Waals surface area contributed by atoms with E-state index < -0.39 is 53.3 Å². The van der Waals surface area contributed by atoms with Gasteiger partial charge in [0.05, 0.1) is 28.7 Å². The number of carbonyl (C=O) groups is 1. The van der Waals surface area contributed by atoms with E-state index in [9.17, 15) is 44.3 Å². The molecule has 0 bridgehead atoms. The number of halogens is 9. The fraction of sp³-hybridized carbons (Fsp3) is 0.300. The summed E-state index contributed by atoms with van der Waals surface area (Å²) in [5, 5.41) is 0.449. The lowest BCUT2D eigenvalue weighted by Crippen LogP contribution is -2.48. The third kappa shape index (κ3) is 7.94. The number of hydrogen-bond acceptors (Lipinski definition) is 7. The van der Waals surface area contributed by atoms with Crippen molar-refractivity contribution in [2.45, 2.75) is 25.1 Å². The fourth-order valence-corrected chi connectivity index (χ4v) is 5.71. The van der Waals surface area contributed by atoms with Crippen molar-refractivity contribution in [1.82, 2.24) is 9.88 Å². The van der Waals surface area contributed by atoms with E-state index in [0.29, 0.717) is 54.9 Å². The van der Waals surface area contributed by atoms with Crippen molar-refractivity contribution in [2.75, 3.05) is 38.2 Å². The van der Waals surface area contributed by atoms with Gasteiger partial charge in [0.25, 0.3) is 5.91 Å². The van der Waals surface area contributed by atoms with Gasteiger partial charge in [0.15, 0.2) is 16.7 Å². The van der Waals surface area contributed by atoms with E-state index in [1.165, 1.54) is 37.5 Å². The van der Waals surface area contributed by atoms with Gasteiger partial charge in [-0.15, -0.1) is 0 Å². The zero-order valence-corrected chi connectivity index (χ0v) is 24.9. The molecule has 0 aliphatic carbocycles. The van der Waals surface area contributed by atoms with Gasteiger partial charge in [0, 0.05) is 37.9 Å². The average Bonchev–Trinajstić information content (AvgIpc) is 3.38. The standard InChI is InChI=1S/C30H23F9N4O3S/c1-45-23-12-17(2-6-22(23)46-16-18-3-4-19(28(31,32)33)14-21(18)30(37,38)39)13-24-26(44)41-27(47-24)43-10-8-42(9-11-43)25-7-5-20(15-40-25)29(34,35)36/h2-7,12-15H,8-11,16H2,1H3/b24-13-. The van der Waals surface area contributed by atoms with Gasteiger partial charge in [-0.1, -0.05) is 12.1 Å². The number of pyridine rings is 1. The number of anilines is 1. The van der Waals surface area contributed by atoms with Crippen LogP contribution in [0.3, 0.4) is 0 Å². The number of amides is 1. The van der Waals surface area contributed by atoms with Crippen LogP contribution in [-0.2, 0) is 29.9 Å². The summed E-state index contributed by atoms with van der Waals surface area (Å²) in [6, 6.07) is 7.96. The van der Waals surface area contributed by atoms with Gasteiger partial charge in [-0.3, -0.25) is 4.79 Å². The minimum atomic E-state index is -5.05. The molecule has 0 N–H and O–H groups in total. The van der Waals surface area contributed by atoms with Crippen molar-refractivity contribution in [3.8, 4) is 11.5 Å². The molecule has 1 amide bonds. The van der Waals surface area contributed by atoms with E-state index in [-0.39, 0.29) is 22.5 Å². The summed E-state index contributed by atoms with van der Waals surface area (Å²) in [6.45, 7) is 1.03. The molecule has 17 heteroatoms. The lowest BCUT2D eigenvalue weighted by atomic mass is 10.0. The zero-order valence-electron chi connectivity index (χ0n) is 24.1. The van der Waals surface area contributed by atoms with Crippen LogP contribution >= 0.6 is 11.8 Å². The molecule has 1 fully saturated rings. The van der Waals surface area contributed by atoms with Crippen molar-refractivity contribution in [3.63, 3.8) is 0 Å². The first kappa shape index (κ1) is 33.9. The van der Waals surface area contributed by atoms with Crippen LogP contribution in [0.1, 0.15) is 27.8 Å². The Labute approximate surface area is 265 Å². The summed E-state index contributed by atoms with van der Waals surface area (Å²) in [7, 11) is 1.29. The molecule has 0 spiro atoms. The van der Waals surface area contributed by atoms with Crippen LogP contribution in [0.15, 0.2) is 64.6 Å². The normalized spacial score (nSPS) is 16.9. The smallest absolute Gasteiger partial charge is 0.417 e. The van der Waals surface area contributed by atoms with E-state index in [4.69, 9.17) is 9.47 Å². The number of benzene rings is 2. The monoisotopic (exact) mass is 690 g/mol. The van der Waals surface area contributed by atoms with Gasteiger partial charge in [-0.2, -0.15) is 44.5 Å².